The van der Waals surface area contributed by atoms with Crippen LogP contribution in [0.4, 0.5) is 0 Å². The number of nitrogens with one attached hydrogen (secondary N) is 1. The van der Waals surface area contributed by atoms with Gasteiger partial charge in [0.2, 0.25) is 0 Å². The first-order chi connectivity index (χ1) is 8.93. The highest BCUT2D eigenvalue weighted by Crippen LogP contribution is 2.40. The number of ether oxygens (including phenoxy) is 1. The highest BCUT2D eigenvalue weighted by atomic mass is 16.5. The summed E-state index contributed by atoms with van der Waals surface area (Å²) < 4.78 is 5.04. The van der Waals surface area contributed by atoms with Gasteiger partial charge in [0, 0.05) is 20.2 Å². The molecule has 19 heavy (non-hydrogen) atoms. The van der Waals surface area contributed by atoms with E-state index in [0.29, 0.717) is 5.41 Å². The topological polar surface area (TPSA) is 21.3 Å². The molecule has 1 rings (SSSR count). The number of rotatable bonds is 6. The average Bonchev–Trinajstić information content (AvgIpc) is 2.34. The number of hydrogen-bond acceptors (Lipinski definition) is 2. The monoisotopic (exact) mass is 267 g/mol. The molecule has 0 saturated heterocycles. The quantitative estimate of drug-likeness (QED) is 0.580. The Balaban J connectivity index is 2.27. The maximum atomic E-state index is 5.04. The molecule has 112 valence electrons. The van der Waals surface area contributed by atoms with E-state index in [4.69, 9.17) is 4.74 Å². The lowest BCUT2D eigenvalue weighted by Crippen LogP contribution is -2.26. The summed E-state index contributed by atoms with van der Waals surface area (Å²) >= 11 is 0. The van der Waals surface area contributed by atoms with Gasteiger partial charge in [-0.2, -0.15) is 0 Å². The SMILES string of the molecule is COCCNCC(C)=CC1CCC(C(C)(C)C)CC1. The van der Waals surface area contributed by atoms with Crippen LogP contribution in [0.3, 0.4) is 0 Å². The molecule has 1 aliphatic carbocycles. The molecule has 0 radical (unpaired) electrons. The minimum absolute atomic E-state index is 0.492. The third-order valence-corrected chi connectivity index (χ3v) is 4.40. The molecule has 0 aliphatic heterocycles. The maximum absolute atomic E-state index is 5.04. The van der Waals surface area contributed by atoms with Crippen LogP contribution in [0.1, 0.15) is 53.4 Å². The van der Waals surface area contributed by atoms with Crippen molar-refractivity contribution in [1.29, 1.82) is 0 Å². The zero-order chi connectivity index (χ0) is 14.3. The standard InChI is InChI=1S/C17H33NO/c1-14(13-18-10-11-19-5)12-15-6-8-16(9-7-15)17(2,3)4/h12,15-16,18H,6-11,13H2,1-5H3. The molecule has 0 aromatic heterocycles. The van der Waals surface area contributed by atoms with Crippen LogP contribution in [0.25, 0.3) is 0 Å². The van der Waals surface area contributed by atoms with Gasteiger partial charge in [-0.3, -0.25) is 0 Å². The Kier molecular flexibility index (Phi) is 7.09. The molecule has 1 saturated carbocycles. The second-order valence-electron chi connectivity index (χ2n) is 7.16. The molecule has 0 atom stereocenters. The van der Waals surface area contributed by atoms with Crippen molar-refractivity contribution in [3.63, 3.8) is 0 Å². The normalized spacial score (nSPS) is 25.6. The van der Waals surface area contributed by atoms with E-state index >= 15 is 0 Å². The van der Waals surface area contributed by atoms with Crippen molar-refractivity contribution in [3.05, 3.63) is 11.6 Å². The molecule has 0 aromatic carbocycles. The van der Waals surface area contributed by atoms with Crippen LogP contribution in [0.2, 0.25) is 0 Å². The third kappa shape index (κ3) is 6.58. The van der Waals surface area contributed by atoms with Gasteiger partial charge in [-0.05, 0) is 49.9 Å². The van der Waals surface area contributed by atoms with E-state index in [9.17, 15) is 0 Å². The molecular weight excluding hydrogens is 234 g/mol. The molecule has 1 aliphatic rings. The lowest BCUT2D eigenvalue weighted by molar-refractivity contribution is 0.162. The minimum Gasteiger partial charge on any atom is -0.383 e. The van der Waals surface area contributed by atoms with Crippen LogP contribution in [0.5, 0.6) is 0 Å². The zero-order valence-corrected chi connectivity index (χ0v) is 13.6. The van der Waals surface area contributed by atoms with Crippen LogP contribution >= 0.6 is 0 Å². The summed E-state index contributed by atoms with van der Waals surface area (Å²) in [4.78, 5) is 0. The lowest BCUT2D eigenvalue weighted by Gasteiger charge is -2.36. The van der Waals surface area contributed by atoms with E-state index in [1.165, 1.54) is 31.3 Å². The second kappa shape index (κ2) is 8.06. The maximum Gasteiger partial charge on any atom is 0.0587 e. The lowest BCUT2D eigenvalue weighted by atomic mass is 9.69. The minimum atomic E-state index is 0.492. The Morgan fingerprint density at radius 1 is 1.21 bits per heavy atom. The first kappa shape index (κ1) is 16.7. The zero-order valence-electron chi connectivity index (χ0n) is 13.6. The summed E-state index contributed by atoms with van der Waals surface area (Å²) in [5.41, 5.74) is 1.97. The van der Waals surface area contributed by atoms with Crippen molar-refractivity contribution in [2.45, 2.75) is 53.4 Å². The van der Waals surface area contributed by atoms with E-state index in [1.807, 2.05) is 0 Å². The van der Waals surface area contributed by atoms with Gasteiger partial charge in [0.05, 0.1) is 6.61 Å². The van der Waals surface area contributed by atoms with Crippen LogP contribution in [0.15, 0.2) is 11.6 Å². The number of hydrogen-bond donors (Lipinski definition) is 1. The summed E-state index contributed by atoms with van der Waals surface area (Å²) in [5, 5.41) is 3.42. The second-order valence-corrected chi connectivity index (χ2v) is 7.16. The van der Waals surface area contributed by atoms with Gasteiger partial charge in [-0.15, -0.1) is 0 Å². The highest BCUT2D eigenvalue weighted by molar-refractivity contribution is 5.04. The van der Waals surface area contributed by atoms with Crippen molar-refractivity contribution in [2.75, 3.05) is 26.8 Å². The van der Waals surface area contributed by atoms with E-state index in [2.05, 4.69) is 39.1 Å². The summed E-state index contributed by atoms with van der Waals surface area (Å²) in [6.07, 6.45) is 8.04. The Bertz CT molecular complexity index is 269. The molecule has 0 bridgehead atoms. The van der Waals surface area contributed by atoms with Gasteiger partial charge in [0.25, 0.3) is 0 Å². The molecule has 2 heteroatoms. The molecule has 0 aromatic rings. The summed E-state index contributed by atoms with van der Waals surface area (Å²) in [6, 6.07) is 0. The van der Waals surface area contributed by atoms with Gasteiger partial charge in [-0.25, -0.2) is 0 Å². The summed E-state index contributed by atoms with van der Waals surface area (Å²) in [6.45, 7) is 12.1. The Labute approximate surface area is 120 Å². The van der Waals surface area contributed by atoms with Crippen molar-refractivity contribution in [3.8, 4) is 0 Å². The smallest absolute Gasteiger partial charge is 0.0587 e. The van der Waals surface area contributed by atoms with Gasteiger partial charge in [-0.1, -0.05) is 32.4 Å². The Morgan fingerprint density at radius 3 is 2.37 bits per heavy atom. The average molecular weight is 267 g/mol. The highest BCUT2D eigenvalue weighted by Gasteiger charge is 2.28. The summed E-state index contributed by atoms with van der Waals surface area (Å²) in [7, 11) is 1.75. The van der Waals surface area contributed by atoms with Gasteiger partial charge < -0.3 is 10.1 Å². The molecule has 0 heterocycles. The van der Waals surface area contributed by atoms with Gasteiger partial charge in [0.15, 0.2) is 0 Å². The fraction of sp³-hybridized carbons (Fsp3) is 0.882. The van der Waals surface area contributed by atoms with Crippen LogP contribution in [-0.4, -0.2) is 26.8 Å². The van der Waals surface area contributed by atoms with Crippen LogP contribution in [-0.2, 0) is 4.74 Å². The Hall–Kier alpha value is -0.340. The predicted octanol–water partition coefficient (Wildman–Crippen LogP) is 4.02. The molecule has 2 nitrogen and oxygen atoms in total. The molecule has 0 spiro atoms. The first-order valence-corrected chi connectivity index (χ1v) is 7.80. The van der Waals surface area contributed by atoms with E-state index in [0.717, 1.165) is 31.5 Å². The largest absolute Gasteiger partial charge is 0.383 e. The van der Waals surface area contributed by atoms with Crippen molar-refractivity contribution < 1.29 is 4.74 Å². The predicted molar refractivity (Wildman–Crippen MR) is 83.4 cm³/mol. The number of allylic oxidation sites excluding steroid dienone is 1. The molecule has 0 unspecified atom stereocenters. The molecule has 1 N–H and O–H groups in total. The molecular formula is C17H33NO. The van der Waals surface area contributed by atoms with E-state index in [-0.39, 0.29) is 0 Å². The molecule has 0 amide bonds. The van der Waals surface area contributed by atoms with Crippen molar-refractivity contribution >= 4 is 0 Å². The van der Waals surface area contributed by atoms with Gasteiger partial charge >= 0.3 is 0 Å². The fourth-order valence-electron chi connectivity index (χ4n) is 3.07. The van der Waals surface area contributed by atoms with E-state index in [1.54, 1.807) is 7.11 Å². The summed E-state index contributed by atoms with van der Waals surface area (Å²) in [5.74, 6) is 1.72. The van der Waals surface area contributed by atoms with Crippen molar-refractivity contribution in [2.24, 2.45) is 17.3 Å². The third-order valence-electron chi connectivity index (χ3n) is 4.40. The van der Waals surface area contributed by atoms with Crippen LogP contribution in [0, 0.1) is 17.3 Å². The fourth-order valence-corrected chi connectivity index (χ4v) is 3.07. The van der Waals surface area contributed by atoms with Gasteiger partial charge in [0.1, 0.15) is 0 Å². The molecule has 1 fully saturated rings. The Morgan fingerprint density at radius 2 is 1.84 bits per heavy atom. The first-order valence-electron chi connectivity index (χ1n) is 7.80. The van der Waals surface area contributed by atoms with E-state index < -0.39 is 0 Å². The van der Waals surface area contributed by atoms with Crippen LogP contribution < -0.4 is 5.32 Å². The number of methoxy groups -OCH3 is 1. The van der Waals surface area contributed by atoms with Crippen molar-refractivity contribution in [1.82, 2.24) is 5.32 Å².